The topological polar surface area (TPSA) is 3.24 Å². The van der Waals surface area contributed by atoms with Crippen molar-refractivity contribution in [2.24, 2.45) is 5.92 Å². The van der Waals surface area contributed by atoms with E-state index in [1.807, 2.05) is 0 Å². The molecule has 0 aliphatic heterocycles. The second-order valence-corrected chi connectivity index (χ2v) is 4.91. The Bertz CT molecular complexity index is 102. The standard InChI is InChI=1S/C13H29NS/c1-4-7-13(8-11-15)12-14(9-5-2)10-6-3/h13,15H,4-12H2,1-3H3. The maximum atomic E-state index is 4.36. The second-order valence-electron chi connectivity index (χ2n) is 4.47. The molecular weight excluding hydrogens is 202 g/mol. The molecule has 0 aliphatic rings. The molecule has 0 aromatic carbocycles. The molecule has 0 amide bonds. The zero-order chi connectivity index (χ0) is 11.5. The number of thiol groups is 1. The van der Waals surface area contributed by atoms with Crippen LogP contribution in [0.15, 0.2) is 0 Å². The van der Waals surface area contributed by atoms with Crippen molar-refractivity contribution < 1.29 is 0 Å². The minimum Gasteiger partial charge on any atom is -0.303 e. The van der Waals surface area contributed by atoms with Crippen LogP contribution in [0, 0.1) is 5.92 Å². The lowest BCUT2D eigenvalue weighted by atomic mass is 10.00. The van der Waals surface area contributed by atoms with E-state index in [1.165, 1.54) is 51.7 Å². The molecule has 15 heavy (non-hydrogen) atoms. The largest absolute Gasteiger partial charge is 0.303 e. The van der Waals surface area contributed by atoms with Crippen molar-refractivity contribution in [2.45, 2.75) is 52.9 Å². The third-order valence-electron chi connectivity index (χ3n) is 2.83. The highest BCUT2D eigenvalue weighted by Gasteiger charge is 2.11. The van der Waals surface area contributed by atoms with Crippen LogP contribution in [-0.4, -0.2) is 30.3 Å². The summed E-state index contributed by atoms with van der Waals surface area (Å²) in [5, 5.41) is 0. The molecule has 92 valence electrons. The fourth-order valence-corrected chi connectivity index (χ4v) is 2.57. The first-order chi connectivity index (χ1) is 7.28. The van der Waals surface area contributed by atoms with Gasteiger partial charge in [-0.2, -0.15) is 12.6 Å². The van der Waals surface area contributed by atoms with Crippen LogP contribution in [0.25, 0.3) is 0 Å². The van der Waals surface area contributed by atoms with Gasteiger partial charge in [-0.25, -0.2) is 0 Å². The third-order valence-corrected chi connectivity index (χ3v) is 3.09. The molecule has 0 aliphatic carbocycles. The molecule has 1 unspecified atom stereocenters. The van der Waals surface area contributed by atoms with Crippen molar-refractivity contribution in [2.75, 3.05) is 25.4 Å². The van der Waals surface area contributed by atoms with Gasteiger partial charge in [0.2, 0.25) is 0 Å². The fraction of sp³-hybridized carbons (Fsp3) is 1.00. The molecule has 0 saturated heterocycles. The number of hydrogen-bond donors (Lipinski definition) is 1. The van der Waals surface area contributed by atoms with E-state index < -0.39 is 0 Å². The quantitative estimate of drug-likeness (QED) is 0.559. The Morgan fingerprint density at radius 3 is 1.93 bits per heavy atom. The Hall–Kier alpha value is 0.310. The van der Waals surface area contributed by atoms with Crippen molar-refractivity contribution >= 4 is 12.6 Å². The van der Waals surface area contributed by atoms with Crippen molar-refractivity contribution in [3.05, 3.63) is 0 Å². The summed E-state index contributed by atoms with van der Waals surface area (Å²) < 4.78 is 0. The molecule has 0 radical (unpaired) electrons. The molecule has 0 aromatic rings. The average molecular weight is 231 g/mol. The smallest absolute Gasteiger partial charge is 0.000994 e. The summed E-state index contributed by atoms with van der Waals surface area (Å²) >= 11 is 4.36. The van der Waals surface area contributed by atoms with Gasteiger partial charge in [0.05, 0.1) is 0 Å². The van der Waals surface area contributed by atoms with Crippen LogP contribution >= 0.6 is 12.6 Å². The third kappa shape index (κ3) is 8.15. The molecule has 1 atom stereocenters. The van der Waals surface area contributed by atoms with E-state index in [0.717, 1.165) is 11.7 Å². The Kier molecular flexibility index (Phi) is 11.0. The van der Waals surface area contributed by atoms with Gasteiger partial charge in [-0.15, -0.1) is 0 Å². The van der Waals surface area contributed by atoms with E-state index >= 15 is 0 Å². The lowest BCUT2D eigenvalue weighted by Gasteiger charge is -2.26. The minimum absolute atomic E-state index is 0.866. The van der Waals surface area contributed by atoms with Crippen LogP contribution < -0.4 is 0 Å². The van der Waals surface area contributed by atoms with E-state index in [-0.39, 0.29) is 0 Å². The van der Waals surface area contributed by atoms with Crippen molar-refractivity contribution in [3.63, 3.8) is 0 Å². The first-order valence-corrected chi connectivity index (χ1v) is 7.24. The summed E-state index contributed by atoms with van der Waals surface area (Å²) in [5.41, 5.74) is 0. The summed E-state index contributed by atoms with van der Waals surface area (Å²) in [6.45, 7) is 10.7. The van der Waals surface area contributed by atoms with E-state index in [4.69, 9.17) is 0 Å². The molecule has 0 rings (SSSR count). The molecule has 2 heteroatoms. The molecule has 1 nitrogen and oxygen atoms in total. The van der Waals surface area contributed by atoms with E-state index in [1.54, 1.807) is 0 Å². The average Bonchev–Trinajstić information content (AvgIpc) is 2.19. The van der Waals surface area contributed by atoms with E-state index in [9.17, 15) is 0 Å². The Morgan fingerprint density at radius 2 is 1.53 bits per heavy atom. The SMILES string of the molecule is CCCC(CCS)CN(CCC)CCC. The normalized spacial score (nSPS) is 13.4. The van der Waals surface area contributed by atoms with Gasteiger partial charge in [0.15, 0.2) is 0 Å². The van der Waals surface area contributed by atoms with Gasteiger partial charge in [-0.1, -0.05) is 27.2 Å². The van der Waals surface area contributed by atoms with Crippen LogP contribution in [0.1, 0.15) is 52.9 Å². The van der Waals surface area contributed by atoms with Gasteiger partial charge in [0, 0.05) is 6.54 Å². The zero-order valence-corrected chi connectivity index (χ0v) is 11.7. The summed E-state index contributed by atoms with van der Waals surface area (Å²) in [4.78, 5) is 2.63. The molecule has 0 saturated carbocycles. The molecule has 0 aromatic heterocycles. The number of nitrogens with zero attached hydrogens (tertiary/aromatic N) is 1. The molecular formula is C13H29NS. The van der Waals surface area contributed by atoms with Crippen molar-refractivity contribution in [1.29, 1.82) is 0 Å². The highest BCUT2D eigenvalue weighted by atomic mass is 32.1. The summed E-state index contributed by atoms with van der Waals surface area (Å²) in [6.07, 6.45) is 6.51. The lowest BCUT2D eigenvalue weighted by molar-refractivity contribution is 0.221. The summed E-state index contributed by atoms with van der Waals surface area (Å²) in [5.74, 6) is 1.90. The monoisotopic (exact) mass is 231 g/mol. The fourth-order valence-electron chi connectivity index (χ4n) is 2.21. The maximum absolute atomic E-state index is 4.36. The van der Waals surface area contributed by atoms with E-state index in [0.29, 0.717) is 0 Å². The molecule has 0 spiro atoms. The highest BCUT2D eigenvalue weighted by Crippen LogP contribution is 2.14. The van der Waals surface area contributed by atoms with Crippen molar-refractivity contribution in [3.8, 4) is 0 Å². The van der Waals surface area contributed by atoms with Gasteiger partial charge < -0.3 is 4.90 Å². The predicted octanol–water partition coefficient (Wildman–Crippen LogP) is 3.84. The molecule has 0 bridgehead atoms. The van der Waals surface area contributed by atoms with Crippen molar-refractivity contribution in [1.82, 2.24) is 4.90 Å². The first kappa shape index (κ1) is 15.3. The highest BCUT2D eigenvalue weighted by molar-refractivity contribution is 7.80. The number of hydrogen-bond acceptors (Lipinski definition) is 2. The van der Waals surface area contributed by atoms with Gasteiger partial charge in [-0.3, -0.25) is 0 Å². The Labute approximate surface area is 102 Å². The Balaban J connectivity index is 3.93. The molecule has 0 N–H and O–H groups in total. The van der Waals surface area contributed by atoms with E-state index in [2.05, 4.69) is 38.3 Å². The predicted molar refractivity (Wildman–Crippen MR) is 73.9 cm³/mol. The molecule has 0 fully saturated rings. The van der Waals surface area contributed by atoms with Crippen LogP contribution in [-0.2, 0) is 0 Å². The van der Waals surface area contributed by atoms with Gasteiger partial charge in [0.25, 0.3) is 0 Å². The second kappa shape index (κ2) is 10.8. The van der Waals surface area contributed by atoms with Gasteiger partial charge in [0.1, 0.15) is 0 Å². The maximum Gasteiger partial charge on any atom is 0.000994 e. The van der Waals surface area contributed by atoms with Gasteiger partial charge >= 0.3 is 0 Å². The van der Waals surface area contributed by atoms with Crippen LogP contribution in [0.2, 0.25) is 0 Å². The van der Waals surface area contributed by atoms with Gasteiger partial charge in [-0.05, 0) is 50.4 Å². The van der Waals surface area contributed by atoms with Crippen LogP contribution in [0.4, 0.5) is 0 Å². The zero-order valence-electron chi connectivity index (χ0n) is 10.8. The lowest BCUT2D eigenvalue weighted by Crippen LogP contribution is -2.31. The van der Waals surface area contributed by atoms with Crippen LogP contribution in [0.5, 0.6) is 0 Å². The summed E-state index contributed by atoms with van der Waals surface area (Å²) in [6, 6.07) is 0. The Morgan fingerprint density at radius 1 is 0.933 bits per heavy atom. The molecule has 0 heterocycles. The first-order valence-electron chi connectivity index (χ1n) is 6.61. The van der Waals surface area contributed by atoms with Crippen LogP contribution in [0.3, 0.4) is 0 Å². The number of rotatable bonds is 10. The minimum atomic E-state index is 0.866. The summed E-state index contributed by atoms with van der Waals surface area (Å²) in [7, 11) is 0.